The van der Waals surface area contributed by atoms with Crippen LogP contribution in [0.25, 0.3) is 0 Å². The molecule has 6 nitrogen and oxygen atoms in total. The van der Waals surface area contributed by atoms with Gasteiger partial charge in [-0.05, 0) is 41.5 Å². The number of hydrazone groups is 1. The predicted molar refractivity (Wildman–Crippen MR) is 136 cm³/mol. The first-order valence-electron chi connectivity index (χ1n) is 12.3. The summed E-state index contributed by atoms with van der Waals surface area (Å²) in [6, 6.07) is 25.2. The molecule has 35 heavy (non-hydrogen) atoms. The summed E-state index contributed by atoms with van der Waals surface area (Å²) in [5, 5.41) is 7.46. The van der Waals surface area contributed by atoms with Crippen molar-refractivity contribution in [1.82, 2.24) is 9.91 Å². The van der Waals surface area contributed by atoms with Gasteiger partial charge in [-0.3, -0.25) is 4.90 Å². The average molecular weight is 470 g/mol. The van der Waals surface area contributed by atoms with Crippen molar-refractivity contribution in [2.24, 2.45) is 5.10 Å². The van der Waals surface area contributed by atoms with E-state index in [-0.39, 0.29) is 6.04 Å². The highest BCUT2D eigenvalue weighted by Gasteiger charge is 2.52. The molecule has 0 aromatic heterocycles. The maximum Gasteiger partial charge on any atom is 0.200 e. The average Bonchev–Trinajstić information content (AvgIpc) is 3.37. The van der Waals surface area contributed by atoms with Crippen LogP contribution in [0.15, 0.2) is 77.9 Å². The van der Waals surface area contributed by atoms with Crippen LogP contribution in [0.5, 0.6) is 17.2 Å². The summed E-state index contributed by atoms with van der Waals surface area (Å²) < 4.78 is 17.9. The van der Waals surface area contributed by atoms with E-state index in [1.807, 2.05) is 24.3 Å². The van der Waals surface area contributed by atoms with Gasteiger partial charge >= 0.3 is 0 Å². The standard InChI is InChI=1S/C29H31N3O3/c1-33-23-13-11-22(12-14-23)25-19-26-24-9-6-10-27(34-2)28(24)35-29(32(26)30-25)15-17-31(18-16-29)20-21-7-4-3-5-8-21/h3-14,26H,15-20H2,1-2H3/t26-/m0/s1. The lowest BCUT2D eigenvalue weighted by atomic mass is 9.90. The Balaban J connectivity index is 1.32. The van der Waals surface area contributed by atoms with E-state index in [9.17, 15) is 0 Å². The molecule has 0 unspecified atom stereocenters. The minimum absolute atomic E-state index is 0.131. The molecule has 1 fully saturated rings. The summed E-state index contributed by atoms with van der Waals surface area (Å²) in [7, 11) is 3.41. The lowest BCUT2D eigenvalue weighted by molar-refractivity contribution is -0.151. The normalized spacial score (nSPS) is 20.6. The quantitative estimate of drug-likeness (QED) is 0.511. The zero-order valence-corrected chi connectivity index (χ0v) is 20.3. The fourth-order valence-electron chi connectivity index (χ4n) is 5.62. The number of nitrogens with zero attached hydrogens (tertiary/aromatic N) is 3. The lowest BCUT2D eigenvalue weighted by Gasteiger charge is -2.51. The van der Waals surface area contributed by atoms with E-state index < -0.39 is 5.72 Å². The molecule has 0 radical (unpaired) electrons. The fraction of sp³-hybridized carbons (Fsp3) is 0.345. The van der Waals surface area contributed by atoms with E-state index in [1.54, 1.807) is 14.2 Å². The number of hydrogen-bond acceptors (Lipinski definition) is 6. The van der Waals surface area contributed by atoms with Crippen molar-refractivity contribution in [3.8, 4) is 17.2 Å². The van der Waals surface area contributed by atoms with Gasteiger partial charge in [0.05, 0.1) is 26.0 Å². The zero-order valence-electron chi connectivity index (χ0n) is 20.3. The highest BCUT2D eigenvalue weighted by Crippen LogP contribution is 2.52. The second kappa shape index (κ2) is 8.93. The Morgan fingerprint density at radius 3 is 2.40 bits per heavy atom. The van der Waals surface area contributed by atoms with Gasteiger partial charge in [-0.25, -0.2) is 5.01 Å². The number of likely N-dealkylation sites (tertiary alicyclic amines) is 1. The van der Waals surface area contributed by atoms with Crippen molar-refractivity contribution in [1.29, 1.82) is 0 Å². The van der Waals surface area contributed by atoms with Gasteiger partial charge in [-0.2, -0.15) is 5.10 Å². The summed E-state index contributed by atoms with van der Waals surface area (Å²) in [6.07, 6.45) is 2.60. The van der Waals surface area contributed by atoms with Crippen LogP contribution in [0.4, 0.5) is 0 Å². The van der Waals surface area contributed by atoms with Gasteiger partial charge in [0, 0.05) is 44.5 Å². The minimum Gasteiger partial charge on any atom is -0.497 e. The third-order valence-corrected chi connectivity index (χ3v) is 7.52. The monoisotopic (exact) mass is 469 g/mol. The predicted octanol–water partition coefficient (Wildman–Crippen LogP) is 5.24. The fourth-order valence-corrected chi connectivity index (χ4v) is 5.62. The van der Waals surface area contributed by atoms with Gasteiger partial charge in [-0.15, -0.1) is 0 Å². The molecule has 3 heterocycles. The Bertz CT molecular complexity index is 1220. The molecule has 0 aliphatic carbocycles. The minimum atomic E-state index is -0.478. The molecule has 0 bridgehead atoms. The highest BCUT2D eigenvalue weighted by molar-refractivity contribution is 6.02. The summed E-state index contributed by atoms with van der Waals surface area (Å²) in [5.74, 6) is 2.52. The van der Waals surface area contributed by atoms with Crippen molar-refractivity contribution in [2.45, 2.75) is 37.6 Å². The van der Waals surface area contributed by atoms with Crippen molar-refractivity contribution < 1.29 is 14.2 Å². The molecule has 6 rings (SSSR count). The molecule has 3 aliphatic heterocycles. The molecule has 180 valence electrons. The van der Waals surface area contributed by atoms with Crippen molar-refractivity contribution in [3.05, 3.63) is 89.5 Å². The number of benzene rings is 3. The SMILES string of the molecule is COc1ccc(C2=NN3[C@@H](C2)c2cccc(OC)c2OC32CCN(Cc3ccccc3)CC2)cc1. The number of fused-ring (bicyclic) bond motifs is 4. The van der Waals surface area contributed by atoms with Crippen LogP contribution in [0.2, 0.25) is 0 Å². The summed E-state index contributed by atoms with van der Waals surface area (Å²) >= 11 is 0. The molecular weight excluding hydrogens is 438 g/mol. The number of para-hydroxylation sites is 1. The maximum atomic E-state index is 6.86. The van der Waals surface area contributed by atoms with E-state index in [0.29, 0.717) is 0 Å². The Labute approximate surface area is 206 Å². The summed E-state index contributed by atoms with van der Waals surface area (Å²) in [4.78, 5) is 2.51. The van der Waals surface area contributed by atoms with Crippen molar-refractivity contribution in [2.75, 3.05) is 27.3 Å². The van der Waals surface area contributed by atoms with E-state index >= 15 is 0 Å². The van der Waals surface area contributed by atoms with Gasteiger partial charge in [0.1, 0.15) is 5.75 Å². The molecular formula is C29H31N3O3. The van der Waals surface area contributed by atoms with Crippen LogP contribution >= 0.6 is 0 Å². The maximum absolute atomic E-state index is 6.86. The second-order valence-electron chi connectivity index (χ2n) is 9.53. The molecule has 6 heteroatoms. The summed E-state index contributed by atoms with van der Waals surface area (Å²) in [6.45, 7) is 2.87. The van der Waals surface area contributed by atoms with Crippen LogP contribution in [-0.4, -0.2) is 48.7 Å². The van der Waals surface area contributed by atoms with Crippen LogP contribution in [0.3, 0.4) is 0 Å². The summed E-state index contributed by atoms with van der Waals surface area (Å²) in [5.41, 5.74) is 4.23. The van der Waals surface area contributed by atoms with E-state index in [0.717, 1.165) is 73.0 Å². The van der Waals surface area contributed by atoms with Gasteiger partial charge in [-0.1, -0.05) is 42.5 Å². The highest BCUT2D eigenvalue weighted by atomic mass is 16.5. The van der Waals surface area contributed by atoms with Gasteiger partial charge in [0.15, 0.2) is 11.5 Å². The number of hydrogen-bond donors (Lipinski definition) is 0. The van der Waals surface area contributed by atoms with Crippen LogP contribution in [-0.2, 0) is 6.54 Å². The topological polar surface area (TPSA) is 46.5 Å². The number of piperidine rings is 1. The third kappa shape index (κ3) is 3.92. The smallest absolute Gasteiger partial charge is 0.200 e. The third-order valence-electron chi connectivity index (χ3n) is 7.52. The molecule has 3 aliphatic rings. The molecule has 0 N–H and O–H groups in total. The number of methoxy groups -OCH3 is 2. The van der Waals surface area contributed by atoms with Gasteiger partial charge in [0.2, 0.25) is 5.72 Å². The number of rotatable bonds is 5. The second-order valence-corrected chi connectivity index (χ2v) is 9.53. The van der Waals surface area contributed by atoms with E-state index in [2.05, 4.69) is 58.4 Å². The molecule has 1 spiro atoms. The van der Waals surface area contributed by atoms with Gasteiger partial charge in [0.25, 0.3) is 0 Å². The van der Waals surface area contributed by atoms with E-state index in [1.165, 1.54) is 5.56 Å². The molecule has 0 saturated carbocycles. The molecule has 3 aromatic rings. The Kier molecular flexibility index (Phi) is 5.61. The molecule has 3 aromatic carbocycles. The van der Waals surface area contributed by atoms with Crippen LogP contribution in [0.1, 0.15) is 42.0 Å². The first kappa shape index (κ1) is 22.0. The molecule has 1 atom stereocenters. The Hall–Kier alpha value is -3.51. The van der Waals surface area contributed by atoms with Gasteiger partial charge < -0.3 is 14.2 Å². The number of ether oxygens (including phenoxy) is 3. The van der Waals surface area contributed by atoms with Crippen molar-refractivity contribution in [3.63, 3.8) is 0 Å². The molecule has 0 amide bonds. The Morgan fingerprint density at radius 1 is 0.914 bits per heavy atom. The molecule has 1 saturated heterocycles. The Morgan fingerprint density at radius 2 is 1.69 bits per heavy atom. The first-order valence-corrected chi connectivity index (χ1v) is 12.3. The lowest BCUT2D eigenvalue weighted by Crippen LogP contribution is -2.59. The van der Waals surface area contributed by atoms with E-state index in [4.69, 9.17) is 19.3 Å². The zero-order chi connectivity index (χ0) is 23.8. The first-order chi connectivity index (χ1) is 17.2. The largest absolute Gasteiger partial charge is 0.497 e. The van der Waals surface area contributed by atoms with Crippen LogP contribution < -0.4 is 14.2 Å². The van der Waals surface area contributed by atoms with Crippen LogP contribution in [0, 0.1) is 0 Å². The van der Waals surface area contributed by atoms with Crippen molar-refractivity contribution >= 4 is 5.71 Å².